The van der Waals surface area contributed by atoms with Gasteiger partial charge in [0.15, 0.2) is 16.5 Å². The Morgan fingerprint density at radius 1 is 1.64 bits per heavy atom. The minimum atomic E-state index is -4.80. The van der Waals surface area contributed by atoms with Gasteiger partial charge in [-0.3, -0.25) is 0 Å². The second-order valence-electron chi connectivity index (χ2n) is 1.89. The van der Waals surface area contributed by atoms with Crippen LogP contribution in [-0.4, -0.2) is 13.6 Å². The molecule has 0 aliphatic rings. The summed E-state index contributed by atoms with van der Waals surface area (Å²) in [6.45, 7) is 1.26. The highest BCUT2D eigenvalue weighted by Gasteiger charge is 2.23. The maximum absolute atomic E-state index is 12.3. The van der Waals surface area contributed by atoms with Crippen LogP contribution in [0.15, 0.2) is 9.42 Å². The summed E-state index contributed by atoms with van der Waals surface area (Å²) in [5.41, 5.74) is 5.00. The van der Waals surface area contributed by atoms with Gasteiger partial charge in [0.1, 0.15) is 0 Å². The van der Waals surface area contributed by atoms with E-state index < -0.39 is 20.9 Å². The van der Waals surface area contributed by atoms with Gasteiger partial charge in [0.25, 0.3) is 0 Å². The highest BCUT2D eigenvalue weighted by atomic mass is 32.3. The van der Waals surface area contributed by atoms with Gasteiger partial charge >= 0.3 is 10.2 Å². The van der Waals surface area contributed by atoms with Crippen molar-refractivity contribution < 1.29 is 16.8 Å². The molecule has 62 valence electrons. The first-order valence-corrected chi connectivity index (χ1v) is 3.97. The number of nitrogens with two attached hydrogens (primary N) is 1. The largest absolute Gasteiger partial charge is 0.380 e. The third kappa shape index (κ3) is 1.32. The second kappa shape index (κ2) is 2.19. The first kappa shape index (κ1) is 7.99. The fraction of sp³-hybridized carbons (Fsp3) is 0.250. The molecule has 0 saturated heterocycles. The quantitative estimate of drug-likeness (QED) is 0.625. The topological polar surface area (TPSA) is 86.2 Å². The summed E-state index contributed by atoms with van der Waals surface area (Å²) in [4.78, 5) is -0.683. The Kier molecular flexibility index (Phi) is 1.59. The summed E-state index contributed by atoms with van der Waals surface area (Å²) in [5.74, 6) is -0.602. The fourth-order valence-electron chi connectivity index (χ4n) is 0.677. The molecule has 0 amide bonds. The Balaban J connectivity index is 3.45. The van der Waals surface area contributed by atoms with Gasteiger partial charge in [-0.05, 0) is 6.92 Å². The summed E-state index contributed by atoms with van der Waals surface area (Å²) in [7, 11) is -4.80. The van der Waals surface area contributed by atoms with Crippen LogP contribution < -0.4 is 5.73 Å². The average Bonchev–Trinajstić information content (AvgIpc) is 2.08. The molecule has 0 radical (unpaired) electrons. The Hall–Kier alpha value is -1.11. The van der Waals surface area contributed by atoms with Gasteiger partial charge in [-0.1, -0.05) is 5.16 Å². The van der Waals surface area contributed by atoms with E-state index in [-0.39, 0.29) is 5.76 Å². The number of hydrogen-bond donors (Lipinski definition) is 1. The Bertz CT molecular complexity index is 349. The zero-order valence-corrected chi connectivity index (χ0v) is 6.35. The van der Waals surface area contributed by atoms with Crippen LogP contribution in [0.1, 0.15) is 5.76 Å². The molecule has 0 aliphatic heterocycles. The van der Waals surface area contributed by atoms with E-state index >= 15 is 0 Å². The first-order chi connectivity index (χ1) is 4.93. The maximum Gasteiger partial charge on any atom is 0.339 e. The van der Waals surface area contributed by atoms with Gasteiger partial charge in [0.2, 0.25) is 0 Å². The minimum Gasteiger partial charge on any atom is -0.380 e. The maximum atomic E-state index is 12.3. The monoisotopic (exact) mass is 180 g/mol. The SMILES string of the molecule is Cc1onc(N)c1S(=O)(=O)F. The molecule has 7 heteroatoms. The van der Waals surface area contributed by atoms with Gasteiger partial charge in [0.05, 0.1) is 0 Å². The number of aromatic nitrogens is 1. The molecule has 1 aromatic heterocycles. The molecule has 0 atom stereocenters. The number of hydrogen-bond acceptors (Lipinski definition) is 5. The minimum absolute atomic E-state index is 0.148. The van der Waals surface area contributed by atoms with Crippen molar-refractivity contribution in [2.24, 2.45) is 0 Å². The van der Waals surface area contributed by atoms with Crippen LogP contribution in [0.3, 0.4) is 0 Å². The molecule has 0 spiro atoms. The van der Waals surface area contributed by atoms with Crippen LogP contribution in [-0.2, 0) is 10.2 Å². The van der Waals surface area contributed by atoms with Crippen LogP contribution in [0.5, 0.6) is 0 Å². The molecule has 1 heterocycles. The predicted molar refractivity (Wildman–Crippen MR) is 33.9 cm³/mol. The van der Waals surface area contributed by atoms with Crippen molar-refractivity contribution in [1.29, 1.82) is 0 Å². The molecular weight excluding hydrogens is 175 g/mol. The number of anilines is 1. The number of nitrogen functional groups attached to an aromatic ring is 1. The van der Waals surface area contributed by atoms with E-state index in [0.29, 0.717) is 0 Å². The van der Waals surface area contributed by atoms with E-state index in [1.807, 2.05) is 0 Å². The van der Waals surface area contributed by atoms with Gasteiger partial charge < -0.3 is 10.3 Å². The average molecular weight is 180 g/mol. The van der Waals surface area contributed by atoms with E-state index in [4.69, 9.17) is 5.73 Å². The van der Waals surface area contributed by atoms with Crippen molar-refractivity contribution in [3.63, 3.8) is 0 Å². The molecule has 11 heavy (non-hydrogen) atoms. The van der Waals surface area contributed by atoms with Crippen LogP contribution in [0.4, 0.5) is 9.70 Å². The first-order valence-electron chi connectivity index (χ1n) is 2.59. The summed E-state index contributed by atoms with van der Waals surface area (Å²) >= 11 is 0. The highest BCUT2D eigenvalue weighted by Crippen LogP contribution is 2.22. The number of nitrogens with zero attached hydrogens (tertiary/aromatic N) is 1. The molecule has 0 aliphatic carbocycles. The molecule has 2 N–H and O–H groups in total. The molecule has 1 aromatic rings. The van der Waals surface area contributed by atoms with Gasteiger partial charge in [0, 0.05) is 0 Å². The van der Waals surface area contributed by atoms with Crippen LogP contribution >= 0.6 is 0 Å². The predicted octanol–water partition coefficient (Wildman–Crippen LogP) is 0.223. The fourth-order valence-corrected chi connectivity index (χ4v) is 1.35. The van der Waals surface area contributed by atoms with Crippen molar-refractivity contribution in [3.8, 4) is 0 Å². The molecule has 1 rings (SSSR count). The van der Waals surface area contributed by atoms with Crippen molar-refractivity contribution >= 4 is 16.0 Å². The van der Waals surface area contributed by atoms with Crippen molar-refractivity contribution in [2.75, 3.05) is 5.73 Å². The Morgan fingerprint density at radius 2 is 2.18 bits per heavy atom. The lowest BCUT2D eigenvalue weighted by molar-refractivity contribution is 0.396. The molecule has 0 fully saturated rings. The normalized spacial score (nSPS) is 11.8. The van der Waals surface area contributed by atoms with Crippen molar-refractivity contribution in [1.82, 2.24) is 5.16 Å². The van der Waals surface area contributed by atoms with Gasteiger partial charge in [-0.25, -0.2) is 0 Å². The van der Waals surface area contributed by atoms with Gasteiger partial charge in [-0.15, -0.1) is 3.89 Å². The number of halogens is 1. The van der Waals surface area contributed by atoms with Crippen LogP contribution in [0, 0.1) is 6.92 Å². The van der Waals surface area contributed by atoms with E-state index in [0.717, 1.165) is 0 Å². The van der Waals surface area contributed by atoms with Crippen molar-refractivity contribution in [2.45, 2.75) is 11.8 Å². The molecule has 0 saturated carbocycles. The van der Waals surface area contributed by atoms with E-state index in [9.17, 15) is 12.3 Å². The highest BCUT2D eigenvalue weighted by molar-refractivity contribution is 7.86. The summed E-state index contributed by atoms with van der Waals surface area (Å²) < 4.78 is 37.2. The lowest BCUT2D eigenvalue weighted by Crippen LogP contribution is -1.97. The molecule has 0 bridgehead atoms. The third-order valence-corrected chi connectivity index (χ3v) is 2.06. The van der Waals surface area contributed by atoms with E-state index in [1.165, 1.54) is 6.92 Å². The Labute approximate surface area is 62.2 Å². The van der Waals surface area contributed by atoms with Crippen LogP contribution in [0.2, 0.25) is 0 Å². The summed E-state index contributed by atoms with van der Waals surface area (Å²) in [6, 6.07) is 0. The summed E-state index contributed by atoms with van der Waals surface area (Å²) in [5, 5.41) is 3.07. The zero-order valence-electron chi connectivity index (χ0n) is 5.54. The lowest BCUT2D eigenvalue weighted by atomic mass is 10.5. The van der Waals surface area contributed by atoms with Gasteiger partial charge in [-0.2, -0.15) is 8.42 Å². The zero-order chi connectivity index (χ0) is 8.65. The lowest BCUT2D eigenvalue weighted by Gasteiger charge is -1.88. The second-order valence-corrected chi connectivity index (χ2v) is 3.17. The molecular formula is C4H5FN2O3S. The summed E-state index contributed by atoms with van der Waals surface area (Å²) in [6.07, 6.45) is 0. The van der Waals surface area contributed by atoms with Crippen molar-refractivity contribution in [3.05, 3.63) is 5.76 Å². The molecule has 0 aromatic carbocycles. The third-order valence-electron chi connectivity index (χ3n) is 1.08. The number of rotatable bonds is 1. The molecule has 0 unspecified atom stereocenters. The van der Waals surface area contributed by atoms with Crippen LogP contribution in [0.25, 0.3) is 0 Å². The number of aryl methyl sites for hydroxylation is 1. The standard InChI is InChI=1S/C4H5FN2O3S/c1-2-3(11(5,8)9)4(6)7-10-2/h1H3,(H2,6,7). The Morgan fingerprint density at radius 3 is 2.36 bits per heavy atom. The smallest absolute Gasteiger partial charge is 0.339 e. The van der Waals surface area contributed by atoms with E-state index in [2.05, 4.69) is 9.68 Å². The molecule has 5 nitrogen and oxygen atoms in total. The van der Waals surface area contributed by atoms with E-state index in [1.54, 1.807) is 0 Å².